The zero-order valence-electron chi connectivity index (χ0n) is 11.5. The van der Waals surface area contributed by atoms with E-state index in [9.17, 15) is 5.26 Å². The van der Waals surface area contributed by atoms with Gasteiger partial charge in [0.05, 0.1) is 22.4 Å². The van der Waals surface area contributed by atoms with Crippen LogP contribution in [0.1, 0.15) is 32.8 Å². The lowest BCUT2D eigenvalue weighted by molar-refractivity contribution is -0.0976. The minimum absolute atomic E-state index is 0.0606. The van der Waals surface area contributed by atoms with Crippen molar-refractivity contribution in [1.29, 1.82) is 5.26 Å². The summed E-state index contributed by atoms with van der Waals surface area (Å²) >= 11 is 6.04. The summed E-state index contributed by atoms with van der Waals surface area (Å²) in [6.45, 7) is 7.12. The molecular formula is C15H19ClN2O. The Labute approximate surface area is 119 Å². The van der Waals surface area contributed by atoms with Crippen LogP contribution in [0.25, 0.3) is 0 Å². The third kappa shape index (κ3) is 2.56. The highest BCUT2D eigenvalue weighted by Crippen LogP contribution is 2.44. The van der Waals surface area contributed by atoms with Crippen LogP contribution >= 0.6 is 11.6 Å². The number of benzene rings is 1. The van der Waals surface area contributed by atoms with Gasteiger partial charge in [0.2, 0.25) is 0 Å². The first-order valence-electron chi connectivity index (χ1n) is 6.57. The molecule has 1 saturated carbocycles. The van der Waals surface area contributed by atoms with E-state index in [0.717, 1.165) is 18.7 Å². The van der Waals surface area contributed by atoms with Gasteiger partial charge < -0.3 is 10.1 Å². The number of hydrogen-bond acceptors (Lipinski definition) is 3. The van der Waals surface area contributed by atoms with Gasteiger partial charge >= 0.3 is 0 Å². The molecule has 0 radical (unpaired) electrons. The van der Waals surface area contributed by atoms with Gasteiger partial charge in [-0.15, -0.1) is 0 Å². The fourth-order valence-electron chi connectivity index (χ4n) is 2.56. The Morgan fingerprint density at radius 3 is 2.84 bits per heavy atom. The smallest absolute Gasteiger partial charge is 0.103 e. The van der Waals surface area contributed by atoms with Gasteiger partial charge in [0.25, 0.3) is 0 Å². The summed E-state index contributed by atoms with van der Waals surface area (Å²) in [5.74, 6) is 0. The molecular weight excluding hydrogens is 260 g/mol. The molecule has 1 aliphatic carbocycles. The Morgan fingerprint density at radius 2 is 2.26 bits per heavy atom. The van der Waals surface area contributed by atoms with Gasteiger partial charge in [0.1, 0.15) is 6.07 Å². The Hall–Kier alpha value is -1.24. The molecule has 0 amide bonds. The lowest BCUT2D eigenvalue weighted by atomic mass is 9.64. The number of anilines is 1. The summed E-state index contributed by atoms with van der Waals surface area (Å²) in [5.41, 5.74) is 1.38. The van der Waals surface area contributed by atoms with Crippen molar-refractivity contribution < 1.29 is 4.74 Å². The van der Waals surface area contributed by atoms with Gasteiger partial charge in [-0.3, -0.25) is 0 Å². The highest BCUT2D eigenvalue weighted by molar-refractivity contribution is 6.32. The second-order valence-electron chi connectivity index (χ2n) is 5.47. The average Bonchev–Trinajstić information content (AvgIpc) is 2.38. The second-order valence-corrected chi connectivity index (χ2v) is 5.88. The molecule has 1 aromatic carbocycles. The normalized spacial score (nSPS) is 24.4. The second kappa shape index (κ2) is 5.40. The number of halogens is 1. The number of ether oxygens (including phenoxy) is 1. The average molecular weight is 279 g/mol. The van der Waals surface area contributed by atoms with Crippen LogP contribution < -0.4 is 5.32 Å². The molecule has 1 aliphatic rings. The summed E-state index contributed by atoms with van der Waals surface area (Å²) in [5, 5.41) is 13.1. The summed E-state index contributed by atoms with van der Waals surface area (Å²) in [4.78, 5) is 0. The van der Waals surface area contributed by atoms with Crippen molar-refractivity contribution in [3.05, 3.63) is 28.8 Å². The van der Waals surface area contributed by atoms with Crippen LogP contribution in [0.5, 0.6) is 0 Å². The van der Waals surface area contributed by atoms with Crippen LogP contribution in [0.2, 0.25) is 5.02 Å². The molecule has 0 bridgehead atoms. The molecule has 0 heterocycles. The van der Waals surface area contributed by atoms with Gasteiger partial charge in [-0.05, 0) is 25.5 Å². The standard InChI is InChI=1S/C15H19ClN2O/c1-4-19-14-8-13(15(14,2)3)18-12-7-5-6-11(16)10(12)9-17/h5-7,13-14,18H,4,8H2,1-3H3. The fraction of sp³-hybridized carbons (Fsp3) is 0.533. The van der Waals surface area contributed by atoms with E-state index in [-0.39, 0.29) is 11.5 Å². The van der Waals surface area contributed by atoms with Crippen LogP contribution in [0.3, 0.4) is 0 Å². The van der Waals surface area contributed by atoms with E-state index < -0.39 is 0 Å². The first kappa shape index (κ1) is 14.2. The molecule has 2 rings (SSSR count). The van der Waals surface area contributed by atoms with E-state index >= 15 is 0 Å². The molecule has 4 heteroatoms. The molecule has 19 heavy (non-hydrogen) atoms. The van der Waals surface area contributed by atoms with Gasteiger partial charge in [-0.25, -0.2) is 0 Å². The highest BCUT2D eigenvalue weighted by atomic mass is 35.5. The molecule has 0 aromatic heterocycles. The van der Waals surface area contributed by atoms with Gasteiger partial charge in [0, 0.05) is 18.1 Å². The Bertz CT molecular complexity index is 507. The molecule has 3 nitrogen and oxygen atoms in total. The van der Waals surface area contributed by atoms with E-state index in [4.69, 9.17) is 16.3 Å². The van der Waals surface area contributed by atoms with E-state index in [2.05, 4.69) is 25.2 Å². The highest BCUT2D eigenvalue weighted by Gasteiger charge is 2.49. The van der Waals surface area contributed by atoms with E-state index in [1.807, 2.05) is 19.1 Å². The van der Waals surface area contributed by atoms with Crippen molar-refractivity contribution in [2.45, 2.75) is 39.3 Å². The molecule has 0 aliphatic heterocycles. The first-order valence-corrected chi connectivity index (χ1v) is 6.95. The molecule has 2 atom stereocenters. The fourth-order valence-corrected chi connectivity index (χ4v) is 2.78. The summed E-state index contributed by atoms with van der Waals surface area (Å²) < 4.78 is 5.71. The number of nitriles is 1. The van der Waals surface area contributed by atoms with Crippen LogP contribution in [0, 0.1) is 16.7 Å². The van der Waals surface area contributed by atoms with Gasteiger partial charge in [0.15, 0.2) is 0 Å². The maximum absolute atomic E-state index is 9.17. The third-order valence-electron chi connectivity index (χ3n) is 4.00. The maximum Gasteiger partial charge on any atom is 0.103 e. The molecule has 2 unspecified atom stereocenters. The number of nitrogens with zero attached hydrogens (tertiary/aromatic N) is 1. The Balaban J connectivity index is 2.12. The minimum Gasteiger partial charge on any atom is -0.380 e. The van der Waals surface area contributed by atoms with Crippen LogP contribution in [0.4, 0.5) is 5.69 Å². The summed E-state index contributed by atoms with van der Waals surface area (Å²) in [7, 11) is 0. The van der Waals surface area contributed by atoms with Crippen LogP contribution in [-0.2, 0) is 4.74 Å². The summed E-state index contributed by atoms with van der Waals surface area (Å²) in [6, 6.07) is 7.95. The van der Waals surface area contributed by atoms with Crippen LogP contribution in [0.15, 0.2) is 18.2 Å². The first-order chi connectivity index (χ1) is 9.00. The van der Waals surface area contributed by atoms with E-state index in [1.165, 1.54) is 0 Å². The number of hydrogen-bond donors (Lipinski definition) is 1. The monoisotopic (exact) mass is 278 g/mol. The summed E-state index contributed by atoms with van der Waals surface area (Å²) in [6.07, 6.45) is 1.23. The third-order valence-corrected chi connectivity index (χ3v) is 4.32. The van der Waals surface area contributed by atoms with Crippen molar-refractivity contribution in [2.24, 2.45) is 5.41 Å². The van der Waals surface area contributed by atoms with Crippen molar-refractivity contribution in [3.63, 3.8) is 0 Å². The van der Waals surface area contributed by atoms with Crippen molar-refractivity contribution in [1.82, 2.24) is 0 Å². The predicted molar refractivity (Wildman–Crippen MR) is 77.4 cm³/mol. The zero-order chi connectivity index (χ0) is 14.0. The topological polar surface area (TPSA) is 45.0 Å². The van der Waals surface area contributed by atoms with Crippen molar-refractivity contribution >= 4 is 17.3 Å². The molecule has 1 N–H and O–H groups in total. The van der Waals surface area contributed by atoms with Crippen molar-refractivity contribution in [2.75, 3.05) is 11.9 Å². The van der Waals surface area contributed by atoms with Gasteiger partial charge in [-0.1, -0.05) is 31.5 Å². The lowest BCUT2D eigenvalue weighted by Gasteiger charge is -2.52. The molecule has 0 saturated heterocycles. The SMILES string of the molecule is CCOC1CC(Nc2cccc(Cl)c2C#N)C1(C)C. The molecule has 1 fully saturated rings. The molecule has 102 valence electrons. The van der Waals surface area contributed by atoms with Gasteiger partial charge in [-0.2, -0.15) is 5.26 Å². The minimum atomic E-state index is 0.0606. The maximum atomic E-state index is 9.17. The molecule has 1 aromatic rings. The largest absolute Gasteiger partial charge is 0.380 e. The van der Waals surface area contributed by atoms with Crippen LogP contribution in [-0.4, -0.2) is 18.8 Å². The Morgan fingerprint density at radius 1 is 1.53 bits per heavy atom. The predicted octanol–water partition coefficient (Wildman–Crippen LogP) is 3.83. The number of nitrogens with one attached hydrogen (secondary N) is 1. The lowest BCUT2D eigenvalue weighted by Crippen LogP contribution is -2.58. The van der Waals surface area contributed by atoms with Crippen molar-refractivity contribution in [3.8, 4) is 6.07 Å². The Kier molecular flexibility index (Phi) is 4.03. The number of rotatable bonds is 4. The van der Waals surface area contributed by atoms with E-state index in [1.54, 1.807) is 6.07 Å². The quantitative estimate of drug-likeness (QED) is 0.910. The molecule has 0 spiro atoms. The van der Waals surface area contributed by atoms with E-state index in [0.29, 0.717) is 16.6 Å². The zero-order valence-corrected chi connectivity index (χ0v) is 12.3.